The first-order chi connectivity index (χ1) is 9.08. The summed E-state index contributed by atoms with van der Waals surface area (Å²) in [6.07, 6.45) is 1.29. The molecule has 6 heteroatoms. The fourth-order valence-corrected chi connectivity index (χ4v) is 2.23. The maximum atomic E-state index is 13.7. The van der Waals surface area contributed by atoms with Gasteiger partial charge in [0.15, 0.2) is 0 Å². The molecule has 0 unspecified atom stereocenters. The Balaban J connectivity index is 0.00000361. The Hall–Kier alpha value is -0.650. The molecule has 3 nitrogen and oxygen atoms in total. The largest absolute Gasteiger partial charge is 0.339 e. The Morgan fingerprint density at radius 1 is 1.45 bits per heavy atom. The molecule has 1 amide bonds. The smallest absolute Gasteiger partial charge is 0.222 e. The summed E-state index contributed by atoms with van der Waals surface area (Å²) in [7, 11) is 1.86. The SMILES string of the molecule is CCN(Cc1cc(Br)ccc1F)C(=O)CCCNC.Cl. The van der Waals surface area contributed by atoms with Gasteiger partial charge in [-0.15, -0.1) is 12.4 Å². The minimum Gasteiger partial charge on any atom is -0.339 e. The number of hydrogen-bond acceptors (Lipinski definition) is 2. The van der Waals surface area contributed by atoms with Crippen molar-refractivity contribution in [1.82, 2.24) is 10.2 Å². The molecule has 0 bridgehead atoms. The lowest BCUT2D eigenvalue weighted by molar-refractivity contribution is -0.131. The van der Waals surface area contributed by atoms with E-state index in [0.717, 1.165) is 17.4 Å². The van der Waals surface area contributed by atoms with E-state index < -0.39 is 0 Å². The number of amides is 1. The number of carbonyl (C=O) groups is 1. The van der Waals surface area contributed by atoms with Gasteiger partial charge >= 0.3 is 0 Å². The first-order valence-corrected chi connectivity index (χ1v) is 7.24. The van der Waals surface area contributed by atoms with Crippen molar-refractivity contribution in [3.63, 3.8) is 0 Å². The van der Waals surface area contributed by atoms with Gasteiger partial charge in [-0.1, -0.05) is 15.9 Å². The van der Waals surface area contributed by atoms with Crippen LogP contribution in [-0.4, -0.2) is 30.9 Å². The van der Waals surface area contributed by atoms with Crippen LogP contribution in [0.2, 0.25) is 0 Å². The molecular weight excluding hydrogens is 347 g/mol. The van der Waals surface area contributed by atoms with Crippen LogP contribution in [0, 0.1) is 5.82 Å². The first kappa shape index (κ1) is 19.4. The second-order valence-electron chi connectivity index (χ2n) is 4.35. The van der Waals surface area contributed by atoms with E-state index in [-0.39, 0.29) is 24.1 Å². The number of benzene rings is 1. The Labute approximate surface area is 134 Å². The van der Waals surface area contributed by atoms with Crippen LogP contribution in [0.5, 0.6) is 0 Å². The van der Waals surface area contributed by atoms with Crippen molar-refractivity contribution in [3.8, 4) is 0 Å². The molecule has 0 aromatic heterocycles. The minimum atomic E-state index is -0.273. The van der Waals surface area contributed by atoms with Crippen molar-refractivity contribution in [1.29, 1.82) is 0 Å². The van der Waals surface area contributed by atoms with Crippen molar-refractivity contribution in [3.05, 3.63) is 34.1 Å². The zero-order chi connectivity index (χ0) is 14.3. The van der Waals surface area contributed by atoms with Crippen LogP contribution in [-0.2, 0) is 11.3 Å². The fraction of sp³-hybridized carbons (Fsp3) is 0.500. The molecule has 114 valence electrons. The molecule has 0 atom stereocenters. The van der Waals surface area contributed by atoms with Crippen LogP contribution in [0.1, 0.15) is 25.3 Å². The highest BCUT2D eigenvalue weighted by molar-refractivity contribution is 9.10. The summed E-state index contributed by atoms with van der Waals surface area (Å²) in [6, 6.07) is 4.79. The Kier molecular flexibility index (Phi) is 9.80. The van der Waals surface area contributed by atoms with Crippen molar-refractivity contribution >= 4 is 34.2 Å². The van der Waals surface area contributed by atoms with Crippen molar-refractivity contribution < 1.29 is 9.18 Å². The molecule has 1 aromatic carbocycles. The topological polar surface area (TPSA) is 32.3 Å². The summed E-state index contributed by atoms with van der Waals surface area (Å²) in [6.45, 7) is 3.63. The molecule has 0 saturated heterocycles. The fourth-order valence-electron chi connectivity index (χ4n) is 1.82. The number of nitrogens with zero attached hydrogens (tertiary/aromatic N) is 1. The highest BCUT2D eigenvalue weighted by atomic mass is 79.9. The first-order valence-electron chi connectivity index (χ1n) is 6.44. The van der Waals surface area contributed by atoms with Gasteiger partial charge in [0, 0.05) is 29.5 Å². The van der Waals surface area contributed by atoms with E-state index in [4.69, 9.17) is 0 Å². The minimum absolute atomic E-state index is 0. The predicted molar refractivity (Wildman–Crippen MR) is 85.6 cm³/mol. The standard InChI is InChI=1S/C14H20BrFN2O.ClH/c1-3-18(14(19)5-4-8-17-2)10-11-9-12(15)6-7-13(11)16;/h6-7,9,17H,3-5,8,10H2,1-2H3;1H. The van der Waals surface area contributed by atoms with Gasteiger partial charge in [0.2, 0.25) is 5.91 Å². The molecule has 1 rings (SSSR count). The molecule has 0 aliphatic carbocycles. The number of hydrogen-bond donors (Lipinski definition) is 1. The quantitative estimate of drug-likeness (QED) is 0.750. The van der Waals surface area contributed by atoms with E-state index in [1.165, 1.54) is 6.07 Å². The zero-order valence-corrected chi connectivity index (χ0v) is 14.2. The summed E-state index contributed by atoms with van der Waals surface area (Å²) in [4.78, 5) is 13.7. The average molecular weight is 368 g/mol. The summed E-state index contributed by atoms with van der Waals surface area (Å²) in [5.74, 6) is -0.207. The lowest BCUT2D eigenvalue weighted by Gasteiger charge is -2.21. The zero-order valence-electron chi connectivity index (χ0n) is 11.8. The summed E-state index contributed by atoms with van der Waals surface area (Å²) in [5, 5.41) is 3.01. The molecule has 0 spiro atoms. The van der Waals surface area contributed by atoms with Gasteiger partial charge in [-0.25, -0.2) is 4.39 Å². The Morgan fingerprint density at radius 3 is 2.75 bits per heavy atom. The van der Waals surface area contributed by atoms with E-state index in [2.05, 4.69) is 21.2 Å². The molecular formula is C14H21BrClFN2O. The Morgan fingerprint density at radius 2 is 2.15 bits per heavy atom. The van der Waals surface area contributed by atoms with Crippen LogP contribution in [0.3, 0.4) is 0 Å². The van der Waals surface area contributed by atoms with E-state index in [9.17, 15) is 9.18 Å². The van der Waals surface area contributed by atoms with Gasteiger partial charge in [0.25, 0.3) is 0 Å². The van der Waals surface area contributed by atoms with Crippen LogP contribution >= 0.6 is 28.3 Å². The molecule has 0 aliphatic rings. The normalized spacial score (nSPS) is 10.0. The molecule has 0 aliphatic heterocycles. The van der Waals surface area contributed by atoms with E-state index in [1.807, 2.05) is 14.0 Å². The molecule has 20 heavy (non-hydrogen) atoms. The van der Waals surface area contributed by atoms with Crippen LogP contribution < -0.4 is 5.32 Å². The van der Waals surface area contributed by atoms with Gasteiger partial charge in [-0.05, 0) is 45.1 Å². The van der Waals surface area contributed by atoms with Crippen molar-refractivity contribution in [2.24, 2.45) is 0 Å². The molecule has 1 aromatic rings. The Bertz CT molecular complexity index is 432. The predicted octanol–water partition coefficient (Wildman–Crippen LogP) is 3.36. The third-order valence-corrected chi connectivity index (χ3v) is 3.41. The number of carbonyl (C=O) groups excluding carboxylic acids is 1. The van der Waals surface area contributed by atoms with Gasteiger partial charge in [-0.2, -0.15) is 0 Å². The number of nitrogens with one attached hydrogen (secondary N) is 1. The van der Waals surface area contributed by atoms with Gasteiger partial charge in [-0.3, -0.25) is 4.79 Å². The maximum absolute atomic E-state index is 13.7. The van der Waals surface area contributed by atoms with Crippen LogP contribution in [0.25, 0.3) is 0 Å². The molecule has 0 radical (unpaired) electrons. The number of halogens is 3. The van der Waals surface area contributed by atoms with Crippen molar-refractivity contribution in [2.75, 3.05) is 20.1 Å². The molecule has 0 heterocycles. The highest BCUT2D eigenvalue weighted by Gasteiger charge is 2.14. The van der Waals surface area contributed by atoms with Crippen LogP contribution in [0.4, 0.5) is 4.39 Å². The molecule has 1 N–H and O–H groups in total. The van der Waals surface area contributed by atoms with Gasteiger partial charge in [0.1, 0.15) is 5.82 Å². The summed E-state index contributed by atoms with van der Waals surface area (Å²) >= 11 is 3.32. The monoisotopic (exact) mass is 366 g/mol. The van der Waals surface area contributed by atoms with Crippen LogP contribution in [0.15, 0.2) is 22.7 Å². The van der Waals surface area contributed by atoms with E-state index in [0.29, 0.717) is 25.1 Å². The summed E-state index contributed by atoms with van der Waals surface area (Å²) < 4.78 is 14.5. The van der Waals surface area contributed by atoms with E-state index in [1.54, 1.807) is 17.0 Å². The highest BCUT2D eigenvalue weighted by Crippen LogP contribution is 2.17. The summed E-state index contributed by atoms with van der Waals surface area (Å²) in [5.41, 5.74) is 0.540. The molecule has 0 fully saturated rings. The lowest BCUT2D eigenvalue weighted by atomic mass is 10.2. The average Bonchev–Trinajstić information content (AvgIpc) is 2.39. The third kappa shape index (κ3) is 6.20. The second kappa shape index (κ2) is 10.1. The number of rotatable bonds is 7. The maximum Gasteiger partial charge on any atom is 0.222 e. The second-order valence-corrected chi connectivity index (χ2v) is 5.27. The van der Waals surface area contributed by atoms with Gasteiger partial charge < -0.3 is 10.2 Å². The third-order valence-electron chi connectivity index (χ3n) is 2.92. The van der Waals surface area contributed by atoms with Crippen molar-refractivity contribution in [2.45, 2.75) is 26.3 Å². The van der Waals surface area contributed by atoms with Gasteiger partial charge in [0.05, 0.1) is 0 Å². The molecule has 0 saturated carbocycles. The lowest BCUT2D eigenvalue weighted by Crippen LogP contribution is -2.31. The van der Waals surface area contributed by atoms with E-state index >= 15 is 0 Å².